The van der Waals surface area contributed by atoms with Crippen molar-refractivity contribution in [2.24, 2.45) is 0 Å². The van der Waals surface area contributed by atoms with Crippen LogP contribution in [-0.2, 0) is 0 Å². The molecule has 0 saturated carbocycles. The molecule has 19 rings (SSSR count). The van der Waals surface area contributed by atoms with Crippen molar-refractivity contribution in [3.05, 3.63) is 149 Å². The normalized spacial score (nSPS) is 11.5. The summed E-state index contributed by atoms with van der Waals surface area (Å²) in [5, 5.41) is 12.1. The molecule has 25 heteroatoms. The first-order valence-corrected chi connectivity index (χ1v) is 40.1. The second-order valence-corrected chi connectivity index (χ2v) is 38.4. The Labute approximate surface area is 580 Å². The summed E-state index contributed by atoms with van der Waals surface area (Å²) in [6.45, 7) is 30.8. The lowest BCUT2D eigenvalue weighted by Gasteiger charge is -1.96. The molecule has 0 atom stereocenters. The van der Waals surface area contributed by atoms with Gasteiger partial charge in [0, 0.05) is 64.0 Å². The molecular weight excluding hydrogens is 1400 g/mol. The molecule has 0 N–H and O–H groups in total. The number of rotatable bonds is 0. The molecule has 0 bridgehead atoms. The van der Waals surface area contributed by atoms with E-state index in [9.17, 15) is 0 Å². The van der Waals surface area contributed by atoms with E-state index in [1.807, 2.05) is 140 Å². The number of fused-ring (bicyclic) bond motifs is 19. The van der Waals surface area contributed by atoms with Gasteiger partial charge in [-0.15, -0.1) is 159 Å². The van der Waals surface area contributed by atoms with Crippen LogP contribution in [0, 0.1) is 104 Å². The topological polar surface area (TPSA) is 142 Å². The van der Waals surface area contributed by atoms with Crippen LogP contribution in [0.5, 0.6) is 0 Å². The Morgan fingerprint density at radius 3 is 1.10 bits per heavy atom. The Hall–Kier alpha value is -5.75. The Balaban J connectivity index is 0.0000000987. The van der Waals surface area contributed by atoms with Crippen LogP contribution in [0.25, 0.3) is 120 Å². The minimum absolute atomic E-state index is 0.792. The molecule has 0 aliphatic rings. The Kier molecular flexibility index (Phi) is 18.7. The van der Waals surface area contributed by atoms with E-state index >= 15 is 0 Å². The second kappa shape index (κ2) is 26.6. The first-order valence-electron chi connectivity index (χ1n) is 28.6. The smallest absolute Gasteiger partial charge is 0.182 e. The number of aryl methyl sites for hydroxylation is 15. The second-order valence-electron chi connectivity index (χ2n) is 21.4. The van der Waals surface area contributed by atoms with Gasteiger partial charge in [-0.3, -0.25) is 0 Å². The quantitative estimate of drug-likeness (QED) is 0.143. The highest BCUT2D eigenvalue weighted by Crippen LogP contribution is 2.47. The first kappa shape index (κ1) is 64.0. The Bertz CT molecular complexity index is 5020. The van der Waals surface area contributed by atoms with Gasteiger partial charge in [-0.2, -0.15) is 0 Å². The maximum atomic E-state index is 4.67. The molecule has 15 aromatic heterocycles. The van der Waals surface area contributed by atoms with Gasteiger partial charge in [-0.1, -0.05) is 12.1 Å². The van der Waals surface area contributed by atoms with Gasteiger partial charge >= 0.3 is 0 Å². The van der Waals surface area contributed by atoms with Gasteiger partial charge in [0.15, 0.2) is 5.65 Å². The van der Waals surface area contributed by atoms with Crippen molar-refractivity contribution >= 4 is 279 Å². The lowest BCUT2D eigenvalue weighted by Crippen LogP contribution is -1.97. The third-order valence-corrected chi connectivity index (χ3v) is 28.2. The van der Waals surface area contributed by atoms with Gasteiger partial charge in [-0.25, -0.2) is 54.8 Å². The van der Waals surface area contributed by atoms with E-state index in [2.05, 4.69) is 159 Å². The summed E-state index contributed by atoms with van der Waals surface area (Å²) in [5.41, 5.74) is 9.33. The van der Waals surface area contributed by atoms with Crippen LogP contribution in [0.2, 0.25) is 0 Å². The van der Waals surface area contributed by atoms with Crippen molar-refractivity contribution in [3.8, 4) is 0 Å². The fourth-order valence-corrected chi connectivity index (χ4v) is 25.0. The van der Waals surface area contributed by atoms with Crippen molar-refractivity contribution < 1.29 is 0 Å². The third-order valence-electron chi connectivity index (χ3n) is 13.7. The number of benzene rings is 4. The van der Waals surface area contributed by atoms with Crippen LogP contribution in [0.4, 0.5) is 0 Å². The van der Waals surface area contributed by atoms with E-state index in [1.165, 1.54) is 106 Å². The van der Waals surface area contributed by atoms with E-state index in [4.69, 9.17) is 0 Å². The van der Waals surface area contributed by atoms with Crippen molar-refractivity contribution in [3.63, 3.8) is 0 Å². The molecule has 0 saturated heterocycles. The highest BCUT2D eigenvalue weighted by molar-refractivity contribution is 7.39. The molecule has 11 nitrogen and oxygen atoms in total. The molecule has 19 aromatic rings. The largest absolute Gasteiger partial charge is 0.245 e. The number of hydrogen-bond acceptors (Lipinski definition) is 25. The van der Waals surface area contributed by atoms with Crippen LogP contribution >= 0.6 is 159 Å². The molecule has 460 valence electrons. The zero-order valence-electron chi connectivity index (χ0n) is 52.1. The molecule has 91 heavy (non-hydrogen) atoms. The van der Waals surface area contributed by atoms with Gasteiger partial charge in [0.2, 0.25) is 0 Å². The zero-order valence-corrected chi connectivity index (χ0v) is 63.5. The lowest BCUT2D eigenvalue weighted by molar-refractivity contribution is 0.875. The Morgan fingerprint density at radius 2 is 0.648 bits per heavy atom. The molecular formula is C66H57N11S14. The van der Waals surface area contributed by atoms with E-state index in [0.717, 1.165) is 91.3 Å². The predicted molar refractivity (Wildman–Crippen MR) is 412 cm³/mol. The van der Waals surface area contributed by atoms with Gasteiger partial charge in [0.05, 0.1) is 94.7 Å². The summed E-state index contributed by atoms with van der Waals surface area (Å²) >= 11 is 25.3. The number of thiazole rings is 8. The van der Waals surface area contributed by atoms with Gasteiger partial charge in [0.25, 0.3) is 0 Å². The maximum Gasteiger partial charge on any atom is 0.182 e. The average molecular weight is 1450 g/mol. The summed E-state index contributed by atoms with van der Waals surface area (Å²) < 4.78 is 18.9. The summed E-state index contributed by atoms with van der Waals surface area (Å²) in [6.07, 6.45) is 0. The molecule has 0 spiro atoms. The number of hydrogen-bond donors (Lipinski definition) is 0. The van der Waals surface area contributed by atoms with Crippen LogP contribution in [0.15, 0.2) is 72.2 Å². The average Bonchev–Trinajstić information content (AvgIpc) is 1.60. The molecule has 15 heterocycles. The van der Waals surface area contributed by atoms with Crippen LogP contribution in [0.1, 0.15) is 76.9 Å². The molecule has 0 amide bonds. The van der Waals surface area contributed by atoms with Gasteiger partial charge < -0.3 is 0 Å². The van der Waals surface area contributed by atoms with Crippen molar-refractivity contribution in [1.29, 1.82) is 0 Å². The maximum absolute atomic E-state index is 4.67. The monoisotopic (exact) mass is 1450 g/mol. The minimum Gasteiger partial charge on any atom is -0.245 e. The summed E-state index contributed by atoms with van der Waals surface area (Å²) in [5.74, 6) is 2.38. The van der Waals surface area contributed by atoms with Crippen LogP contribution in [-0.4, -0.2) is 54.8 Å². The van der Waals surface area contributed by atoms with E-state index in [-0.39, 0.29) is 0 Å². The van der Waals surface area contributed by atoms with Crippen LogP contribution in [0.3, 0.4) is 0 Å². The molecule has 0 unspecified atom stereocenters. The zero-order chi connectivity index (χ0) is 63.7. The fourth-order valence-electron chi connectivity index (χ4n) is 10.4. The fraction of sp³-hybridized carbons (Fsp3) is 0.227. The van der Waals surface area contributed by atoms with E-state index in [1.54, 1.807) is 90.7 Å². The van der Waals surface area contributed by atoms with E-state index in [0.29, 0.717) is 0 Å². The predicted octanol–water partition coefficient (Wildman–Crippen LogP) is 24.5. The van der Waals surface area contributed by atoms with Gasteiger partial charge in [0.1, 0.15) is 38.0 Å². The molecule has 4 aromatic carbocycles. The number of nitrogens with zero attached hydrogens (tertiary/aromatic N) is 11. The van der Waals surface area contributed by atoms with Crippen molar-refractivity contribution in [2.45, 2.75) is 104 Å². The first-order chi connectivity index (χ1) is 43.6. The van der Waals surface area contributed by atoms with Gasteiger partial charge in [-0.05, 0) is 158 Å². The van der Waals surface area contributed by atoms with E-state index < -0.39 is 0 Å². The summed E-state index contributed by atoms with van der Waals surface area (Å²) in [4.78, 5) is 54.7. The van der Waals surface area contributed by atoms with Crippen molar-refractivity contribution in [1.82, 2.24) is 54.8 Å². The highest BCUT2D eigenvalue weighted by atomic mass is 32.2. The summed E-state index contributed by atoms with van der Waals surface area (Å²) in [7, 11) is 0. The van der Waals surface area contributed by atoms with Crippen LogP contribution < -0.4 is 0 Å². The lowest BCUT2D eigenvalue weighted by atomic mass is 10.1. The molecule has 0 aliphatic heterocycles. The Morgan fingerprint density at radius 1 is 0.264 bits per heavy atom. The SMILES string of the molecule is Cc1cc2c(s1)c1cc(C)sc1c1cc(C)sc21.Cc1cc2sc3cc(C)sc3c2s1.Cc1nc(C)nc(C)n1.Cc1nc2c(s1)c1nc(C)sc1c1nc(C)sc21.Cc1nc2cc3scnc3cc2s1.Cc1nc2ccccc2s1.Cc1nc2nc(C)sc2s1. The molecule has 0 aliphatic carbocycles. The third kappa shape index (κ3) is 13.8. The highest BCUT2D eigenvalue weighted by Gasteiger charge is 2.19. The summed E-state index contributed by atoms with van der Waals surface area (Å²) in [6, 6.07) is 24.1. The standard InChI is InChI=1S/C15H12S3.C12H9N3S3.C10H8S3.C9H6N2S2.C8H7NS.C6H9N3.C6H6N2S2/c1-7-4-10-13(16-7)11-5-8(2)18-15(11)12-6-9(3)17-14(10)12;1-4-13-7-10(16-4)8-12(18-5(2)14-8)9-11(7)17-6(3)15-9;1-5-3-7-9(11-5)10-8(13-7)4-6(2)12-10;1-5-11-7-3-8-6(10-4-12-8)2-9(7)13-5;1-6-9-7-4-2-3-5-8(7)10-6;1-4-7-5(2)9-6(3)8-4;1-3-7-5-6(9-3)10-4(2)8-5/h4-6H,1-3H3;1-3H3;3-4H,1-2H3;2-4H,1H3;2-5H,1H3;1-3H3;1-2H3. The minimum atomic E-state index is 0.792. The number of aromatic nitrogens is 11. The number of thiophene rings is 6. The number of para-hydroxylation sites is 1. The van der Waals surface area contributed by atoms with Crippen molar-refractivity contribution in [2.75, 3.05) is 0 Å². The molecule has 0 fully saturated rings. The molecule has 0 radical (unpaired) electrons.